The number of thiocarbonyl (C=S) groups is 1. The lowest BCUT2D eigenvalue weighted by Gasteiger charge is -2.17. The van der Waals surface area contributed by atoms with Crippen molar-refractivity contribution in [1.82, 2.24) is 24.9 Å². The Morgan fingerprint density at radius 2 is 1.76 bits per heavy atom. The Labute approximate surface area is 178 Å². The Bertz CT molecular complexity index is 999. The van der Waals surface area contributed by atoms with Crippen molar-refractivity contribution in [3.05, 3.63) is 64.2 Å². The standard InChI is InChI=1S/C22H30N6S/c1-7-27-13-20(16(4)25-27)15(3)23-22(29)24-21-17(5)26-28(18(21)6)12-19-10-8-14(2)9-11-19/h8-11,13,15H,7,12H2,1-6H3,(H2,23,24,29). The van der Waals surface area contributed by atoms with Crippen molar-refractivity contribution in [1.29, 1.82) is 0 Å². The van der Waals surface area contributed by atoms with Crippen LogP contribution in [0.3, 0.4) is 0 Å². The van der Waals surface area contributed by atoms with Gasteiger partial charge in [-0.3, -0.25) is 9.36 Å². The predicted octanol–water partition coefficient (Wildman–Crippen LogP) is 4.43. The van der Waals surface area contributed by atoms with Gasteiger partial charge in [0, 0.05) is 18.3 Å². The number of hydrogen-bond acceptors (Lipinski definition) is 3. The topological polar surface area (TPSA) is 59.7 Å². The molecule has 0 fully saturated rings. The first kappa shape index (κ1) is 21.0. The van der Waals surface area contributed by atoms with Gasteiger partial charge >= 0.3 is 0 Å². The van der Waals surface area contributed by atoms with E-state index in [0.29, 0.717) is 5.11 Å². The monoisotopic (exact) mass is 410 g/mol. The molecule has 0 bridgehead atoms. The van der Waals surface area contributed by atoms with E-state index in [9.17, 15) is 0 Å². The molecule has 1 aromatic carbocycles. The lowest BCUT2D eigenvalue weighted by Crippen LogP contribution is -2.31. The van der Waals surface area contributed by atoms with Crippen molar-refractivity contribution in [2.75, 3.05) is 5.32 Å². The molecule has 1 unspecified atom stereocenters. The van der Waals surface area contributed by atoms with Crippen LogP contribution in [-0.2, 0) is 13.1 Å². The van der Waals surface area contributed by atoms with Gasteiger partial charge in [-0.1, -0.05) is 29.8 Å². The third-order valence-corrected chi connectivity index (χ3v) is 5.42. The molecule has 2 heterocycles. The van der Waals surface area contributed by atoms with Crippen LogP contribution in [0.15, 0.2) is 30.5 Å². The van der Waals surface area contributed by atoms with E-state index in [0.717, 1.165) is 41.4 Å². The number of nitrogens with one attached hydrogen (secondary N) is 2. The van der Waals surface area contributed by atoms with Gasteiger partial charge in [0.05, 0.1) is 35.4 Å². The van der Waals surface area contributed by atoms with Crippen LogP contribution in [0.25, 0.3) is 0 Å². The zero-order chi connectivity index (χ0) is 21.1. The molecule has 0 amide bonds. The van der Waals surface area contributed by atoms with E-state index in [4.69, 9.17) is 17.3 Å². The summed E-state index contributed by atoms with van der Waals surface area (Å²) < 4.78 is 3.96. The number of anilines is 1. The molecular weight excluding hydrogens is 380 g/mol. The van der Waals surface area contributed by atoms with E-state index < -0.39 is 0 Å². The van der Waals surface area contributed by atoms with Gasteiger partial charge in [-0.05, 0) is 59.3 Å². The summed E-state index contributed by atoms with van der Waals surface area (Å²) in [5, 5.41) is 16.5. The molecule has 154 valence electrons. The summed E-state index contributed by atoms with van der Waals surface area (Å²) in [6.45, 7) is 14.0. The molecule has 3 rings (SSSR count). The Morgan fingerprint density at radius 1 is 1.07 bits per heavy atom. The molecule has 0 radical (unpaired) electrons. The Kier molecular flexibility index (Phi) is 6.37. The van der Waals surface area contributed by atoms with Gasteiger partial charge in [-0.15, -0.1) is 0 Å². The van der Waals surface area contributed by atoms with Crippen molar-refractivity contribution < 1.29 is 0 Å². The van der Waals surface area contributed by atoms with E-state index in [-0.39, 0.29) is 6.04 Å². The molecular formula is C22H30N6S. The van der Waals surface area contributed by atoms with Gasteiger partial charge in [0.1, 0.15) is 0 Å². The second-order valence-corrected chi connectivity index (χ2v) is 7.94. The van der Waals surface area contributed by atoms with Crippen LogP contribution in [-0.4, -0.2) is 24.7 Å². The molecule has 1 atom stereocenters. The van der Waals surface area contributed by atoms with Crippen LogP contribution >= 0.6 is 12.2 Å². The van der Waals surface area contributed by atoms with Crippen LogP contribution in [0, 0.1) is 27.7 Å². The van der Waals surface area contributed by atoms with Gasteiger partial charge in [0.2, 0.25) is 0 Å². The minimum atomic E-state index is 0.0681. The highest BCUT2D eigenvalue weighted by Gasteiger charge is 2.16. The fraction of sp³-hybridized carbons (Fsp3) is 0.409. The van der Waals surface area contributed by atoms with E-state index in [1.54, 1.807) is 0 Å². The number of aryl methyl sites for hydroxylation is 4. The smallest absolute Gasteiger partial charge is 0.171 e. The molecule has 0 saturated carbocycles. The van der Waals surface area contributed by atoms with Crippen molar-refractivity contribution >= 4 is 23.0 Å². The lowest BCUT2D eigenvalue weighted by atomic mass is 10.1. The Hall–Kier alpha value is -2.67. The minimum Gasteiger partial charge on any atom is -0.356 e. The third kappa shape index (κ3) is 4.85. The molecule has 3 aromatic rings. The van der Waals surface area contributed by atoms with Gasteiger partial charge in [0.25, 0.3) is 0 Å². The average Bonchev–Trinajstić information content (AvgIpc) is 3.18. The molecule has 0 spiro atoms. The molecule has 0 saturated heterocycles. The second-order valence-electron chi connectivity index (χ2n) is 7.53. The fourth-order valence-electron chi connectivity index (χ4n) is 3.44. The van der Waals surface area contributed by atoms with Crippen LogP contribution in [0.4, 0.5) is 5.69 Å². The first-order valence-electron chi connectivity index (χ1n) is 9.99. The maximum atomic E-state index is 5.58. The largest absolute Gasteiger partial charge is 0.356 e. The number of benzene rings is 1. The zero-order valence-corrected chi connectivity index (χ0v) is 18.9. The van der Waals surface area contributed by atoms with Crippen LogP contribution in [0.5, 0.6) is 0 Å². The first-order chi connectivity index (χ1) is 13.8. The first-order valence-corrected chi connectivity index (χ1v) is 10.4. The molecule has 2 N–H and O–H groups in total. The molecule has 2 aromatic heterocycles. The fourth-order valence-corrected chi connectivity index (χ4v) is 3.72. The highest BCUT2D eigenvalue weighted by molar-refractivity contribution is 7.80. The van der Waals surface area contributed by atoms with Crippen molar-refractivity contribution in [3.8, 4) is 0 Å². The Morgan fingerprint density at radius 3 is 2.38 bits per heavy atom. The maximum absolute atomic E-state index is 5.58. The van der Waals surface area contributed by atoms with Gasteiger partial charge in [-0.2, -0.15) is 10.2 Å². The summed E-state index contributed by atoms with van der Waals surface area (Å²) in [4.78, 5) is 0. The Balaban J connectivity index is 1.69. The molecule has 0 aliphatic carbocycles. The predicted molar refractivity (Wildman–Crippen MR) is 122 cm³/mol. The summed E-state index contributed by atoms with van der Waals surface area (Å²) in [5.41, 5.74) is 7.62. The molecule has 29 heavy (non-hydrogen) atoms. The van der Waals surface area contributed by atoms with E-state index >= 15 is 0 Å². The lowest BCUT2D eigenvalue weighted by molar-refractivity contribution is 0.651. The summed E-state index contributed by atoms with van der Waals surface area (Å²) in [6.07, 6.45) is 2.08. The van der Waals surface area contributed by atoms with E-state index in [1.165, 1.54) is 11.1 Å². The van der Waals surface area contributed by atoms with Crippen LogP contribution in [0.2, 0.25) is 0 Å². The number of aromatic nitrogens is 4. The summed E-state index contributed by atoms with van der Waals surface area (Å²) in [6, 6.07) is 8.61. The third-order valence-electron chi connectivity index (χ3n) is 5.20. The van der Waals surface area contributed by atoms with Crippen molar-refractivity contribution in [2.45, 2.75) is 60.7 Å². The van der Waals surface area contributed by atoms with Crippen molar-refractivity contribution in [3.63, 3.8) is 0 Å². The molecule has 0 aliphatic heterocycles. The van der Waals surface area contributed by atoms with Crippen molar-refractivity contribution in [2.24, 2.45) is 0 Å². The summed E-state index contributed by atoms with van der Waals surface area (Å²) in [7, 11) is 0. The SMILES string of the molecule is CCn1cc(C(C)NC(=S)Nc2c(C)nn(Cc3ccc(C)cc3)c2C)c(C)n1. The number of nitrogens with zero attached hydrogens (tertiary/aromatic N) is 4. The molecule has 0 aliphatic rings. The summed E-state index contributed by atoms with van der Waals surface area (Å²) >= 11 is 5.58. The maximum Gasteiger partial charge on any atom is 0.171 e. The second kappa shape index (κ2) is 8.78. The minimum absolute atomic E-state index is 0.0681. The van der Waals surface area contributed by atoms with Crippen LogP contribution < -0.4 is 10.6 Å². The quantitative estimate of drug-likeness (QED) is 0.589. The van der Waals surface area contributed by atoms with Gasteiger partial charge in [-0.25, -0.2) is 0 Å². The number of rotatable bonds is 6. The summed E-state index contributed by atoms with van der Waals surface area (Å²) in [5.74, 6) is 0. The molecule has 7 heteroatoms. The van der Waals surface area contributed by atoms with Crippen LogP contribution in [0.1, 0.15) is 53.7 Å². The van der Waals surface area contributed by atoms with E-state index in [1.807, 2.05) is 23.2 Å². The molecule has 6 nitrogen and oxygen atoms in total. The number of hydrogen-bond donors (Lipinski definition) is 2. The highest BCUT2D eigenvalue weighted by atomic mass is 32.1. The normalized spacial score (nSPS) is 12.1. The van der Waals surface area contributed by atoms with Gasteiger partial charge in [0.15, 0.2) is 5.11 Å². The van der Waals surface area contributed by atoms with Gasteiger partial charge < -0.3 is 10.6 Å². The average molecular weight is 411 g/mol. The van der Waals surface area contributed by atoms with E-state index in [2.05, 4.69) is 73.9 Å². The highest BCUT2D eigenvalue weighted by Crippen LogP contribution is 2.22. The zero-order valence-electron chi connectivity index (χ0n) is 18.1.